The number of urea groups is 1. The van der Waals surface area contributed by atoms with E-state index in [1.807, 2.05) is 4.90 Å². The second kappa shape index (κ2) is 2.94. The van der Waals surface area contributed by atoms with Crippen LogP contribution >= 0.6 is 0 Å². The fraction of sp³-hybridized carbons (Fsp3) is 0.875. The van der Waals surface area contributed by atoms with Crippen LogP contribution in [0.5, 0.6) is 0 Å². The molecule has 2 fully saturated rings. The summed E-state index contributed by atoms with van der Waals surface area (Å²) in [5.74, 6) is 0. The Morgan fingerprint density at radius 1 is 1.58 bits per heavy atom. The predicted molar refractivity (Wildman–Crippen MR) is 46.0 cm³/mol. The van der Waals surface area contributed by atoms with Gasteiger partial charge < -0.3 is 15.5 Å². The first-order valence-electron chi connectivity index (χ1n) is 4.54. The highest BCUT2D eigenvalue weighted by atomic mass is 16.2. The van der Waals surface area contributed by atoms with Gasteiger partial charge in [0.2, 0.25) is 0 Å². The molecule has 0 spiro atoms. The van der Waals surface area contributed by atoms with Crippen molar-refractivity contribution >= 4 is 6.03 Å². The van der Waals surface area contributed by atoms with E-state index in [2.05, 4.69) is 10.6 Å². The van der Waals surface area contributed by atoms with Crippen LogP contribution in [0, 0.1) is 0 Å². The second-order valence-corrected chi connectivity index (χ2v) is 3.45. The van der Waals surface area contributed by atoms with Crippen molar-refractivity contribution in [2.75, 3.05) is 20.1 Å². The summed E-state index contributed by atoms with van der Waals surface area (Å²) in [6.07, 6.45) is 2.22. The number of amides is 2. The summed E-state index contributed by atoms with van der Waals surface area (Å²) in [7, 11) is 1.69. The Hall–Kier alpha value is -0.770. The molecule has 2 heterocycles. The standard InChI is InChI=1S/C8H15N3O/c1-9-8(12)11-5-3-6-7(11)2-4-10-6/h6-7,10H,2-5H2,1H3,(H,9,12). The summed E-state index contributed by atoms with van der Waals surface area (Å²) < 4.78 is 0. The SMILES string of the molecule is CNC(=O)N1CCC2NCCC21. The van der Waals surface area contributed by atoms with Gasteiger partial charge in [0.1, 0.15) is 0 Å². The van der Waals surface area contributed by atoms with E-state index in [1.165, 1.54) is 0 Å². The Balaban J connectivity index is 2.04. The minimum Gasteiger partial charge on any atom is -0.341 e. The molecule has 2 amide bonds. The highest BCUT2D eigenvalue weighted by Gasteiger charge is 2.39. The van der Waals surface area contributed by atoms with Gasteiger partial charge in [-0.3, -0.25) is 0 Å². The summed E-state index contributed by atoms with van der Waals surface area (Å²) in [5.41, 5.74) is 0. The molecule has 0 radical (unpaired) electrons. The van der Waals surface area contributed by atoms with E-state index in [1.54, 1.807) is 7.05 Å². The first kappa shape index (κ1) is 7.86. The van der Waals surface area contributed by atoms with Gasteiger partial charge in [-0.15, -0.1) is 0 Å². The fourth-order valence-corrected chi connectivity index (χ4v) is 2.26. The molecule has 12 heavy (non-hydrogen) atoms. The molecule has 2 unspecified atom stereocenters. The normalized spacial score (nSPS) is 33.6. The molecule has 4 heteroatoms. The van der Waals surface area contributed by atoms with Crippen LogP contribution in [0.1, 0.15) is 12.8 Å². The van der Waals surface area contributed by atoms with Gasteiger partial charge in [0, 0.05) is 19.6 Å². The van der Waals surface area contributed by atoms with Crippen molar-refractivity contribution in [3.05, 3.63) is 0 Å². The van der Waals surface area contributed by atoms with Crippen LogP contribution in [0.3, 0.4) is 0 Å². The van der Waals surface area contributed by atoms with Crippen molar-refractivity contribution in [2.24, 2.45) is 0 Å². The number of nitrogens with zero attached hydrogens (tertiary/aromatic N) is 1. The van der Waals surface area contributed by atoms with E-state index in [0.717, 1.165) is 25.9 Å². The molecule has 0 aromatic heterocycles. The molecule has 0 saturated carbocycles. The Morgan fingerprint density at radius 2 is 2.42 bits per heavy atom. The number of hydrogen-bond acceptors (Lipinski definition) is 2. The highest BCUT2D eigenvalue weighted by Crippen LogP contribution is 2.24. The number of rotatable bonds is 0. The molecule has 2 rings (SSSR count). The molecule has 4 nitrogen and oxygen atoms in total. The average molecular weight is 169 g/mol. The number of carbonyl (C=O) groups is 1. The molecule has 0 aromatic rings. The fourth-order valence-electron chi connectivity index (χ4n) is 2.26. The maximum absolute atomic E-state index is 11.3. The average Bonchev–Trinajstić information content (AvgIpc) is 2.62. The lowest BCUT2D eigenvalue weighted by molar-refractivity contribution is 0.195. The quantitative estimate of drug-likeness (QED) is 0.526. The van der Waals surface area contributed by atoms with Gasteiger partial charge in [-0.2, -0.15) is 0 Å². The largest absolute Gasteiger partial charge is 0.341 e. The summed E-state index contributed by atoms with van der Waals surface area (Å²) >= 11 is 0. The van der Waals surface area contributed by atoms with E-state index in [4.69, 9.17) is 0 Å². The monoisotopic (exact) mass is 169 g/mol. The molecule has 0 aliphatic carbocycles. The van der Waals surface area contributed by atoms with Gasteiger partial charge >= 0.3 is 6.03 Å². The Labute approximate surface area is 72.3 Å². The molecule has 2 saturated heterocycles. The second-order valence-electron chi connectivity index (χ2n) is 3.45. The third-order valence-corrected chi connectivity index (χ3v) is 2.87. The zero-order chi connectivity index (χ0) is 8.55. The lowest BCUT2D eigenvalue weighted by atomic mass is 10.1. The van der Waals surface area contributed by atoms with Crippen LogP contribution in [0.2, 0.25) is 0 Å². The van der Waals surface area contributed by atoms with Gasteiger partial charge in [-0.25, -0.2) is 4.79 Å². The van der Waals surface area contributed by atoms with Crippen LogP contribution < -0.4 is 10.6 Å². The van der Waals surface area contributed by atoms with E-state index >= 15 is 0 Å². The van der Waals surface area contributed by atoms with E-state index in [-0.39, 0.29) is 6.03 Å². The van der Waals surface area contributed by atoms with Gasteiger partial charge in [0.25, 0.3) is 0 Å². The van der Waals surface area contributed by atoms with E-state index in [9.17, 15) is 4.79 Å². The van der Waals surface area contributed by atoms with Crippen molar-refractivity contribution in [3.63, 3.8) is 0 Å². The van der Waals surface area contributed by atoms with Gasteiger partial charge in [0.05, 0.1) is 6.04 Å². The van der Waals surface area contributed by atoms with Crippen LogP contribution in [0.4, 0.5) is 4.79 Å². The van der Waals surface area contributed by atoms with E-state index in [0.29, 0.717) is 12.1 Å². The number of hydrogen-bond donors (Lipinski definition) is 2. The zero-order valence-corrected chi connectivity index (χ0v) is 7.34. The van der Waals surface area contributed by atoms with Crippen molar-refractivity contribution < 1.29 is 4.79 Å². The lowest BCUT2D eigenvalue weighted by Gasteiger charge is -2.22. The Kier molecular flexibility index (Phi) is 1.92. The molecule has 2 aliphatic rings. The van der Waals surface area contributed by atoms with Crippen LogP contribution in [0.15, 0.2) is 0 Å². The van der Waals surface area contributed by atoms with Gasteiger partial charge in [-0.1, -0.05) is 0 Å². The van der Waals surface area contributed by atoms with Crippen molar-refractivity contribution in [1.82, 2.24) is 15.5 Å². The molecular weight excluding hydrogens is 154 g/mol. The van der Waals surface area contributed by atoms with Crippen LogP contribution in [0.25, 0.3) is 0 Å². The molecule has 2 aliphatic heterocycles. The summed E-state index contributed by atoms with van der Waals surface area (Å²) in [4.78, 5) is 13.3. The van der Waals surface area contributed by atoms with Gasteiger partial charge in [-0.05, 0) is 19.4 Å². The van der Waals surface area contributed by atoms with Crippen molar-refractivity contribution in [1.29, 1.82) is 0 Å². The predicted octanol–water partition coefficient (Wildman–Crippen LogP) is -0.238. The van der Waals surface area contributed by atoms with E-state index < -0.39 is 0 Å². The number of fused-ring (bicyclic) bond motifs is 1. The molecule has 0 bridgehead atoms. The van der Waals surface area contributed by atoms with Crippen LogP contribution in [-0.4, -0.2) is 43.2 Å². The maximum atomic E-state index is 11.3. The van der Waals surface area contributed by atoms with Crippen LogP contribution in [-0.2, 0) is 0 Å². The minimum atomic E-state index is 0.0752. The topological polar surface area (TPSA) is 44.4 Å². The lowest BCUT2D eigenvalue weighted by Crippen LogP contribution is -2.43. The first-order chi connectivity index (χ1) is 5.83. The molecule has 2 atom stereocenters. The minimum absolute atomic E-state index is 0.0752. The molecule has 0 aromatic carbocycles. The maximum Gasteiger partial charge on any atom is 0.317 e. The number of nitrogens with one attached hydrogen (secondary N) is 2. The summed E-state index contributed by atoms with van der Waals surface area (Å²) in [6.45, 7) is 1.96. The Morgan fingerprint density at radius 3 is 3.17 bits per heavy atom. The molecule has 68 valence electrons. The number of carbonyl (C=O) groups excluding carboxylic acids is 1. The summed E-state index contributed by atoms with van der Waals surface area (Å²) in [6, 6.07) is 1.08. The first-order valence-corrected chi connectivity index (χ1v) is 4.54. The van der Waals surface area contributed by atoms with Crippen molar-refractivity contribution in [2.45, 2.75) is 24.9 Å². The molecular formula is C8H15N3O. The summed E-state index contributed by atoms with van der Waals surface area (Å²) in [5, 5.41) is 6.08. The van der Waals surface area contributed by atoms with Gasteiger partial charge in [0.15, 0.2) is 0 Å². The Bertz CT molecular complexity index is 195. The molecule has 2 N–H and O–H groups in total. The number of likely N-dealkylation sites (tertiary alicyclic amines) is 1. The van der Waals surface area contributed by atoms with Crippen molar-refractivity contribution in [3.8, 4) is 0 Å². The highest BCUT2D eigenvalue weighted by molar-refractivity contribution is 5.74. The third kappa shape index (κ3) is 1.06. The zero-order valence-electron chi connectivity index (χ0n) is 7.34. The third-order valence-electron chi connectivity index (χ3n) is 2.87. The smallest absolute Gasteiger partial charge is 0.317 e.